The highest BCUT2D eigenvalue weighted by Crippen LogP contribution is 2.25. The first-order valence-electron chi connectivity index (χ1n) is 6.56. The number of piperidine rings is 1. The van der Waals surface area contributed by atoms with Crippen LogP contribution in [0.1, 0.15) is 33.6 Å². The van der Waals surface area contributed by atoms with Crippen molar-refractivity contribution in [3.8, 4) is 0 Å². The van der Waals surface area contributed by atoms with E-state index in [9.17, 15) is 4.79 Å². The number of likely N-dealkylation sites (tertiary alicyclic amines) is 1. The number of aliphatic imine (C=N–C) groups is 1. The summed E-state index contributed by atoms with van der Waals surface area (Å²) in [5, 5.41) is 2.89. The Morgan fingerprint density at radius 1 is 1.29 bits per heavy atom. The molecule has 0 aliphatic carbocycles. The maximum Gasteiger partial charge on any atom is 0.265 e. The molecule has 0 radical (unpaired) electrons. The molecule has 1 N–H and O–H groups in total. The third-order valence-electron chi connectivity index (χ3n) is 3.74. The molecule has 0 bridgehead atoms. The quantitative estimate of drug-likeness (QED) is 0.741. The predicted octanol–water partition coefficient (Wildman–Crippen LogP) is 1.07. The zero-order chi connectivity index (χ0) is 12.5. The summed E-state index contributed by atoms with van der Waals surface area (Å²) in [6.07, 6.45) is 2.12. The van der Waals surface area contributed by atoms with Crippen LogP contribution in [-0.2, 0) is 4.79 Å². The average Bonchev–Trinajstić information content (AvgIpc) is 2.29. The van der Waals surface area contributed by atoms with E-state index in [2.05, 4.69) is 36.0 Å². The van der Waals surface area contributed by atoms with Gasteiger partial charge in [-0.3, -0.25) is 14.7 Å². The van der Waals surface area contributed by atoms with E-state index in [0.717, 1.165) is 38.2 Å². The highest BCUT2D eigenvalue weighted by molar-refractivity contribution is 6.40. The Labute approximate surface area is 103 Å². The smallest absolute Gasteiger partial charge is 0.265 e. The van der Waals surface area contributed by atoms with Crippen molar-refractivity contribution in [2.45, 2.75) is 39.2 Å². The second kappa shape index (κ2) is 4.77. The zero-order valence-electron chi connectivity index (χ0n) is 11.1. The molecule has 1 amide bonds. The first kappa shape index (κ1) is 12.6. The van der Waals surface area contributed by atoms with E-state index in [1.165, 1.54) is 0 Å². The van der Waals surface area contributed by atoms with Gasteiger partial charge in [-0.2, -0.15) is 0 Å². The molecule has 0 aromatic heterocycles. The molecule has 0 unspecified atom stereocenters. The summed E-state index contributed by atoms with van der Waals surface area (Å²) in [4.78, 5) is 18.6. The fourth-order valence-electron chi connectivity index (χ4n) is 2.65. The van der Waals surface area contributed by atoms with E-state index in [-0.39, 0.29) is 11.4 Å². The fourth-order valence-corrected chi connectivity index (χ4v) is 2.65. The van der Waals surface area contributed by atoms with E-state index >= 15 is 0 Å². The Bertz CT molecular complexity index is 322. The van der Waals surface area contributed by atoms with Gasteiger partial charge in [0.1, 0.15) is 5.71 Å². The van der Waals surface area contributed by atoms with Crippen LogP contribution in [0.25, 0.3) is 0 Å². The number of carbonyl (C=O) groups excluding carboxylic acids is 1. The van der Waals surface area contributed by atoms with Gasteiger partial charge in [-0.15, -0.1) is 0 Å². The highest BCUT2D eigenvalue weighted by atomic mass is 16.2. The van der Waals surface area contributed by atoms with Crippen LogP contribution < -0.4 is 5.32 Å². The summed E-state index contributed by atoms with van der Waals surface area (Å²) < 4.78 is 0. The molecular weight excluding hydrogens is 214 g/mol. The maximum atomic E-state index is 11.7. The van der Waals surface area contributed by atoms with E-state index in [1.54, 1.807) is 0 Å². The van der Waals surface area contributed by atoms with Crippen LogP contribution in [0.15, 0.2) is 4.99 Å². The number of nitrogens with one attached hydrogen (secondary N) is 1. The lowest BCUT2D eigenvalue weighted by Crippen LogP contribution is -2.49. The Kier molecular flexibility index (Phi) is 3.52. The molecule has 1 fully saturated rings. The van der Waals surface area contributed by atoms with Crippen molar-refractivity contribution in [1.29, 1.82) is 0 Å². The van der Waals surface area contributed by atoms with Crippen molar-refractivity contribution in [1.82, 2.24) is 10.2 Å². The Hall–Kier alpha value is -0.900. The third kappa shape index (κ3) is 2.86. The first-order valence-corrected chi connectivity index (χ1v) is 6.56. The summed E-state index contributed by atoms with van der Waals surface area (Å²) in [5.74, 6) is 0.430. The normalized spacial score (nSPS) is 24.4. The largest absolute Gasteiger partial charge is 0.349 e. The van der Waals surface area contributed by atoms with Crippen LogP contribution in [0.4, 0.5) is 0 Å². The topological polar surface area (TPSA) is 44.7 Å². The van der Waals surface area contributed by atoms with Crippen molar-refractivity contribution >= 4 is 11.6 Å². The molecular formula is C13H23N3O. The summed E-state index contributed by atoms with van der Waals surface area (Å²) in [6.45, 7) is 10.3. The SMILES string of the molecule is CC(C)(C)N1CCC(C2=NCCNC2=O)CC1. The van der Waals surface area contributed by atoms with E-state index in [1.807, 2.05) is 0 Å². The van der Waals surface area contributed by atoms with Crippen molar-refractivity contribution in [3.63, 3.8) is 0 Å². The minimum Gasteiger partial charge on any atom is -0.349 e. The number of hydrogen-bond donors (Lipinski definition) is 1. The molecule has 4 nitrogen and oxygen atoms in total. The number of rotatable bonds is 1. The first-order chi connectivity index (χ1) is 7.98. The fraction of sp³-hybridized carbons (Fsp3) is 0.846. The Morgan fingerprint density at radius 2 is 1.94 bits per heavy atom. The van der Waals surface area contributed by atoms with Gasteiger partial charge in [0.25, 0.3) is 5.91 Å². The van der Waals surface area contributed by atoms with E-state index in [0.29, 0.717) is 12.5 Å². The van der Waals surface area contributed by atoms with E-state index < -0.39 is 0 Å². The molecule has 0 aromatic carbocycles. The molecule has 2 aliphatic heterocycles. The van der Waals surface area contributed by atoms with Crippen LogP contribution in [0, 0.1) is 5.92 Å². The molecule has 0 aromatic rings. The number of nitrogens with zero attached hydrogens (tertiary/aromatic N) is 2. The van der Waals surface area contributed by atoms with Crippen LogP contribution >= 0.6 is 0 Å². The van der Waals surface area contributed by atoms with Gasteiger partial charge >= 0.3 is 0 Å². The van der Waals surface area contributed by atoms with Gasteiger partial charge in [0.15, 0.2) is 0 Å². The van der Waals surface area contributed by atoms with E-state index in [4.69, 9.17) is 0 Å². The molecule has 17 heavy (non-hydrogen) atoms. The summed E-state index contributed by atoms with van der Waals surface area (Å²) in [5.41, 5.74) is 1.03. The monoisotopic (exact) mass is 237 g/mol. The van der Waals surface area contributed by atoms with Gasteiger partial charge in [-0.25, -0.2) is 0 Å². The number of hydrogen-bond acceptors (Lipinski definition) is 3. The Morgan fingerprint density at radius 3 is 2.47 bits per heavy atom. The molecule has 1 saturated heterocycles. The van der Waals surface area contributed by atoms with Gasteiger partial charge in [0, 0.05) is 18.0 Å². The number of carbonyl (C=O) groups is 1. The third-order valence-corrected chi connectivity index (χ3v) is 3.74. The molecule has 2 aliphatic rings. The molecule has 0 saturated carbocycles. The lowest BCUT2D eigenvalue weighted by molar-refractivity contribution is -0.115. The average molecular weight is 237 g/mol. The van der Waals surface area contributed by atoms with Gasteiger partial charge in [-0.05, 0) is 46.7 Å². The molecule has 4 heteroatoms. The number of amides is 1. The van der Waals surface area contributed by atoms with Crippen molar-refractivity contribution in [2.24, 2.45) is 10.9 Å². The van der Waals surface area contributed by atoms with Gasteiger partial charge in [-0.1, -0.05) is 0 Å². The van der Waals surface area contributed by atoms with Gasteiger partial charge in [0.2, 0.25) is 0 Å². The predicted molar refractivity (Wildman–Crippen MR) is 69.4 cm³/mol. The Balaban J connectivity index is 1.95. The van der Waals surface area contributed by atoms with Crippen LogP contribution in [0.3, 0.4) is 0 Å². The summed E-state index contributed by atoms with van der Waals surface area (Å²) >= 11 is 0. The van der Waals surface area contributed by atoms with Crippen molar-refractivity contribution < 1.29 is 4.79 Å². The van der Waals surface area contributed by atoms with Crippen molar-refractivity contribution in [2.75, 3.05) is 26.2 Å². The minimum absolute atomic E-state index is 0.0606. The summed E-state index contributed by atoms with van der Waals surface area (Å²) in [6, 6.07) is 0. The molecule has 0 spiro atoms. The van der Waals surface area contributed by atoms with Crippen LogP contribution in [-0.4, -0.2) is 48.2 Å². The molecule has 96 valence electrons. The maximum absolute atomic E-state index is 11.7. The van der Waals surface area contributed by atoms with Crippen LogP contribution in [0.2, 0.25) is 0 Å². The summed E-state index contributed by atoms with van der Waals surface area (Å²) in [7, 11) is 0. The van der Waals surface area contributed by atoms with Crippen molar-refractivity contribution in [3.05, 3.63) is 0 Å². The van der Waals surface area contributed by atoms with Gasteiger partial charge in [0.05, 0.1) is 6.54 Å². The zero-order valence-corrected chi connectivity index (χ0v) is 11.1. The standard InChI is InChI=1S/C13H23N3O/c1-13(2,3)16-8-4-10(5-9-16)11-12(17)15-7-6-14-11/h10H,4-9H2,1-3H3,(H,15,17). The second-order valence-corrected chi connectivity index (χ2v) is 5.96. The molecule has 0 atom stereocenters. The van der Waals surface area contributed by atoms with Gasteiger partial charge < -0.3 is 5.32 Å². The lowest BCUT2D eigenvalue weighted by atomic mass is 9.88. The van der Waals surface area contributed by atoms with Crippen LogP contribution in [0.5, 0.6) is 0 Å². The lowest BCUT2D eigenvalue weighted by Gasteiger charge is -2.41. The molecule has 2 heterocycles. The second-order valence-electron chi connectivity index (χ2n) is 5.96. The molecule has 2 rings (SSSR count). The highest BCUT2D eigenvalue weighted by Gasteiger charge is 2.31. The minimum atomic E-state index is 0.0606.